The Bertz CT molecular complexity index is 1140. The summed E-state index contributed by atoms with van der Waals surface area (Å²) in [5, 5.41) is 2.93. The zero-order valence-electron chi connectivity index (χ0n) is 17.1. The summed E-state index contributed by atoms with van der Waals surface area (Å²) in [6.07, 6.45) is 0. The number of sulfonamides is 1. The lowest BCUT2D eigenvalue weighted by Crippen LogP contribution is -2.26. The molecule has 3 aromatic rings. The number of hydrogen-bond acceptors (Lipinski definition) is 5. The van der Waals surface area contributed by atoms with E-state index in [-0.39, 0.29) is 16.7 Å². The molecule has 8 heteroatoms. The SMILES string of the molecule is COCCNS(=O)(=O)c1ccc(-c2ccc(C(=O)Nc3ccc(C)cc3C)cc2)s1. The molecule has 0 saturated heterocycles. The molecule has 0 bridgehead atoms. The van der Waals surface area contributed by atoms with E-state index in [1.807, 2.05) is 44.2 Å². The van der Waals surface area contributed by atoms with Gasteiger partial charge in [0.15, 0.2) is 0 Å². The van der Waals surface area contributed by atoms with Gasteiger partial charge in [0.2, 0.25) is 10.0 Å². The Labute approximate surface area is 181 Å². The molecule has 0 aliphatic rings. The molecule has 2 N–H and O–H groups in total. The number of nitrogens with one attached hydrogen (secondary N) is 2. The summed E-state index contributed by atoms with van der Waals surface area (Å²) in [4.78, 5) is 13.4. The maximum atomic E-state index is 12.6. The predicted molar refractivity (Wildman–Crippen MR) is 121 cm³/mol. The normalized spacial score (nSPS) is 11.4. The lowest BCUT2D eigenvalue weighted by atomic mass is 10.1. The molecule has 2 aromatic carbocycles. The fraction of sp³-hybridized carbons (Fsp3) is 0.227. The second kappa shape index (κ2) is 9.53. The average molecular weight is 445 g/mol. The summed E-state index contributed by atoms with van der Waals surface area (Å²) in [5.74, 6) is -0.190. The molecule has 0 radical (unpaired) electrons. The Morgan fingerprint density at radius 1 is 1.03 bits per heavy atom. The van der Waals surface area contributed by atoms with Crippen LogP contribution >= 0.6 is 11.3 Å². The van der Waals surface area contributed by atoms with Crippen LogP contribution in [0.25, 0.3) is 10.4 Å². The van der Waals surface area contributed by atoms with Crippen LogP contribution in [0.15, 0.2) is 58.8 Å². The van der Waals surface area contributed by atoms with E-state index in [2.05, 4.69) is 10.0 Å². The number of rotatable bonds is 8. The van der Waals surface area contributed by atoms with E-state index in [1.165, 1.54) is 18.4 Å². The molecule has 30 heavy (non-hydrogen) atoms. The number of methoxy groups -OCH3 is 1. The number of thiophene rings is 1. The first kappa shape index (κ1) is 22.2. The number of ether oxygens (including phenoxy) is 1. The third-order valence-electron chi connectivity index (χ3n) is 4.51. The fourth-order valence-corrected chi connectivity index (χ4v) is 5.27. The minimum atomic E-state index is -3.56. The van der Waals surface area contributed by atoms with E-state index in [4.69, 9.17) is 4.74 Å². The van der Waals surface area contributed by atoms with Gasteiger partial charge in [0.05, 0.1) is 6.61 Å². The van der Waals surface area contributed by atoms with Gasteiger partial charge in [0, 0.05) is 29.8 Å². The molecule has 0 saturated carbocycles. The molecule has 1 aromatic heterocycles. The predicted octanol–water partition coefficient (Wildman–Crippen LogP) is 4.21. The molecule has 158 valence electrons. The van der Waals surface area contributed by atoms with E-state index in [0.29, 0.717) is 12.2 Å². The van der Waals surface area contributed by atoms with Gasteiger partial charge in [0.1, 0.15) is 4.21 Å². The van der Waals surface area contributed by atoms with E-state index in [9.17, 15) is 13.2 Å². The molecule has 6 nitrogen and oxygen atoms in total. The van der Waals surface area contributed by atoms with Gasteiger partial charge in [-0.25, -0.2) is 13.1 Å². The summed E-state index contributed by atoms with van der Waals surface area (Å²) in [5.41, 5.74) is 4.31. The van der Waals surface area contributed by atoms with Crippen LogP contribution in [0.5, 0.6) is 0 Å². The molecule has 0 spiro atoms. The van der Waals surface area contributed by atoms with Gasteiger partial charge < -0.3 is 10.1 Å². The smallest absolute Gasteiger partial charge is 0.255 e. The van der Waals surface area contributed by atoms with Crippen LogP contribution in [0.1, 0.15) is 21.5 Å². The van der Waals surface area contributed by atoms with Crippen LogP contribution in [-0.2, 0) is 14.8 Å². The van der Waals surface area contributed by atoms with E-state index in [1.54, 1.807) is 24.3 Å². The van der Waals surface area contributed by atoms with Crippen LogP contribution in [-0.4, -0.2) is 34.6 Å². The number of carbonyl (C=O) groups is 1. The third kappa shape index (κ3) is 5.34. The molecule has 1 heterocycles. The molecule has 0 atom stereocenters. The number of amides is 1. The maximum absolute atomic E-state index is 12.6. The van der Waals surface area contributed by atoms with Crippen molar-refractivity contribution < 1.29 is 17.9 Å². The Kier molecular flexibility index (Phi) is 7.04. The van der Waals surface area contributed by atoms with Gasteiger partial charge in [-0.05, 0) is 55.3 Å². The van der Waals surface area contributed by atoms with Crippen molar-refractivity contribution in [3.8, 4) is 10.4 Å². The number of benzene rings is 2. The van der Waals surface area contributed by atoms with Gasteiger partial charge in [-0.15, -0.1) is 11.3 Å². The average Bonchev–Trinajstić information content (AvgIpc) is 3.21. The Hall–Kier alpha value is -2.52. The van der Waals surface area contributed by atoms with Crippen LogP contribution < -0.4 is 10.0 Å². The van der Waals surface area contributed by atoms with Crippen molar-refractivity contribution in [1.82, 2.24) is 4.72 Å². The zero-order valence-corrected chi connectivity index (χ0v) is 18.7. The highest BCUT2D eigenvalue weighted by Gasteiger charge is 2.17. The summed E-state index contributed by atoms with van der Waals surface area (Å²) < 4.78 is 32.2. The van der Waals surface area contributed by atoms with Crippen molar-refractivity contribution in [2.75, 3.05) is 25.6 Å². The first-order chi connectivity index (χ1) is 14.3. The first-order valence-electron chi connectivity index (χ1n) is 9.37. The molecule has 0 unspecified atom stereocenters. The van der Waals surface area contributed by atoms with Crippen LogP contribution in [0.3, 0.4) is 0 Å². The molecule has 0 fully saturated rings. The second-order valence-corrected chi connectivity index (χ2v) is 9.94. The standard InChI is InChI=1S/C22H24N2O4S2/c1-15-4-9-19(16(2)14-15)24-22(25)18-7-5-17(6-8-18)20-10-11-21(29-20)30(26,27)23-12-13-28-3/h4-11,14,23H,12-13H2,1-3H3,(H,24,25). The van der Waals surface area contributed by atoms with E-state index in [0.717, 1.165) is 27.3 Å². The minimum absolute atomic E-state index is 0.190. The van der Waals surface area contributed by atoms with Crippen molar-refractivity contribution in [1.29, 1.82) is 0 Å². The van der Waals surface area contributed by atoms with Gasteiger partial charge in [-0.2, -0.15) is 0 Å². The fourth-order valence-electron chi connectivity index (χ4n) is 2.90. The van der Waals surface area contributed by atoms with Crippen molar-refractivity contribution >= 4 is 33.0 Å². The van der Waals surface area contributed by atoms with Gasteiger partial charge in [-0.1, -0.05) is 29.8 Å². The van der Waals surface area contributed by atoms with Crippen LogP contribution in [0, 0.1) is 13.8 Å². The highest BCUT2D eigenvalue weighted by molar-refractivity contribution is 7.91. The number of anilines is 1. The van der Waals surface area contributed by atoms with Crippen LogP contribution in [0.4, 0.5) is 5.69 Å². The van der Waals surface area contributed by atoms with Crippen molar-refractivity contribution in [3.05, 3.63) is 71.3 Å². The van der Waals surface area contributed by atoms with Crippen molar-refractivity contribution in [3.63, 3.8) is 0 Å². The Balaban J connectivity index is 1.71. The minimum Gasteiger partial charge on any atom is -0.383 e. The highest BCUT2D eigenvalue weighted by atomic mass is 32.2. The monoisotopic (exact) mass is 444 g/mol. The summed E-state index contributed by atoms with van der Waals surface area (Å²) in [7, 11) is -2.04. The largest absolute Gasteiger partial charge is 0.383 e. The summed E-state index contributed by atoms with van der Waals surface area (Å²) in [6.45, 7) is 4.49. The Morgan fingerprint density at radius 2 is 1.77 bits per heavy atom. The van der Waals surface area contributed by atoms with Gasteiger partial charge in [0.25, 0.3) is 5.91 Å². The first-order valence-corrected chi connectivity index (χ1v) is 11.7. The third-order valence-corrected chi connectivity index (χ3v) is 7.59. The zero-order chi connectivity index (χ0) is 21.7. The summed E-state index contributed by atoms with van der Waals surface area (Å²) >= 11 is 1.18. The lowest BCUT2D eigenvalue weighted by molar-refractivity contribution is 0.102. The van der Waals surface area contributed by atoms with Gasteiger partial charge in [-0.3, -0.25) is 4.79 Å². The molecule has 0 aliphatic carbocycles. The van der Waals surface area contributed by atoms with Gasteiger partial charge >= 0.3 is 0 Å². The summed E-state index contributed by atoms with van der Waals surface area (Å²) in [6, 6.07) is 16.3. The van der Waals surface area contributed by atoms with E-state index < -0.39 is 10.0 Å². The number of carbonyl (C=O) groups excluding carboxylic acids is 1. The van der Waals surface area contributed by atoms with E-state index >= 15 is 0 Å². The Morgan fingerprint density at radius 3 is 2.43 bits per heavy atom. The second-order valence-electron chi connectivity index (χ2n) is 6.86. The topological polar surface area (TPSA) is 84.5 Å². The molecular formula is C22H24N2O4S2. The molecule has 3 rings (SSSR count). The quantitative estimate of drug-likeness (QED) is 0.510. The number of hydrogen-bond donors (Lipinski definition) is 2. The number of aryl methyl sites for hydroxylation is 2. The maximum Gasteiger partial charge on any atom is 0.255 e. The highest BCUT2D eigenvalue weighted by Crippen LogP contribution is 2.31. The van der Waals surface area contributed by atoms with Crippen molar-refractivity contribution in [2.24, 2.45) is 0 Å². The lowest BCUT2D eigenvalue weighted by Gasteiger charge is -2.09. The van der Waals surface area contributed by atoms with Crippen LogP contribution in [0.2, 0.25) is 0 Å². The molecule has 1 amide bonds. The molecule has 0 aliphatic heterocycles. The van der Waals surface area contributed by atoms with Crippen molar-refractivity contribution in [2.45, 2.75) is 18.1 Å². The molecular weight excluding hydrogens is 420 g/mol.